The molecule has 0 heterocycles. The first kappa shape index (κ1) is 15.7. The summed E-state index contributed by atoms with van der Waals surface area (Å²) in [7, 11) is 3.98. The largest absolute Gasteiger partial charge is 0.322 e. The van der Waals surface area contributed by atoms with E-state index in [4.69, 9.17) is 0 Å². The molecule has 0 aliphatic heterocycles. The smallest absolute Gasteiger partial charge is 0.258 e. The molecular formula is C16H16BrFN2O. The summed E-state index contributed by atoms with van der Waals surface area (Å²) in [5, 5.41) is 2.69. The fourth-order valence-corrected chi connectivity index (χ4v) is 2.26. The second-order valence-electron chi connectivity index (χ2n) is 5.01. The number of carbonyl (C=O) groups is 1. The van der Waals surface area contributed by atoms with Crippen molar-refractivity contribution in [2.75, 3.05) is 19.4 Å². The fraction of sp³-hybridized carbons (Fsp3) is 0.188. The number of hydrogen-bond acceptors (Lipinski definition) is 2. The number of amides is 1. The van der Waals surface area contributed by atoms with Crippen molar-refractivity contribution < 1.29 is 9.18 Å². The van der Waals surface area contributed by atoms with Crippen molar-refractivity contribution >= 4 is 27.5 Å². The molecule has 5 heteroatoms. The average Bonchev–Trinajstić information content (AvgIpc) is 2.40. The summed E-state index contributed by atoms with van der Waals surface area (Å²) in [4.78, 5) is 14.1. The predicted molar refractivity (Wildman–Crippen MR) is 85.9 cm³/mol. The number of benzene rings is 2. The SMILES string of the molecule is CN(C)Cc1ccc(NC(=O)c2ccc(Br)cc2F)cc1. The molecule has 0 saturated carbocycles. The summed E-state index contributed by atoms with van der Waals surface area (Å²) >= 11 is 3.16. The van der Waals surface area contributed by atoms with Gasteiger partial charge >= 0.3 is 0 Å². The molecule has 21 heavy (non-hydrogen) atoms. The molecule has 0 atom stereocenters. The molecule has 2 aromatic rings. The van der Waals surface area contributed by atoms with Crippen LogP contribution >= 0.6 is 15.9 Å². The summed E-state index contributed by atoms with van der Waals surface area (Å²) < 4.78 is 14.3. The number of anilines is 1. The maximum atomic E-state index is 13.7. The second-order valence-corrected chi connectivity index (χ2v) is 5.93. The maximum absolute atomic E-state index is 13.7. The molecule has 2 rings (SSSR count). The zero-order valence-corrected chi connectivity index (χ0v) is 13.4. The molecule has 0 aromatic heterocycles. The highest BCUT2D eigenvalue weighted by molar-refractivity contribution is 9.10. The van der Waals surface area contributed by atoms with Gasteiger partial charge in [0.2, 0.25) is 0 Å². The molecule has 1 amide bonds. The molecule has 0 aliphatic carbocycles. The van der Waals surface area contributed by atoms with Crippen LogP contribution in [0.5, 0.6) is 0 Å². The predicted octanol–water partition coefficient (Wildman–Crippen LogP) is 3.90. The van der Waals surface area contributed by atoms with Crippen LogP contribution in [0, 0.1) is 5.82 Å². The molecule has 0 bridgehead atoms. The van der Waals surface area contributed by atoms with Gasteiger partial charge in [-0.05, 0) is 50.0 Å². The van der Waals surface area contributed by atoms with Gasteiger partial charge in [0.1, 0.15) is 5.82 Å². The van der Waals surface area contributed by atoms with Crippen LogP contribution in [0.1, 0.15) is 15.9 Å². The monoisotopic (exact) mass is 350 g/mol. The van der Waals surface area contributed by atoms with E-state index in [0.29, 0.717) is 10.2 Å². The highest BCUT2D eigenvalue weighted by atomic mass is 79.9. The molecule has 0 saturated heterocycles. The van der Waals surface area contributed by atoms with Crippen LogP contribution < -0.4 is 5.32 Å². The maximum Gasteiger partial charge on any atom is 0.258 e. The molecule has 0 fully saturated rings. The van der Waals surface area contributed by atoms with E-state index in [0.717, 1.165) is 12.1 Å². The summed E-state index contributed by atoms with van der Waals surface area (Å²) in [5.41, 5.74) is 1.81. The highest BCUT2D eigenvalue weighted by Gasteiger charge is 2.12. The lowest BCUT2D eigenvalue weighted by Crippen LogP contribution is -2.14. The van der Waals surface area contributed by atoms with Gasteiger partial charge in [0, 0.05) is 16.7 Å². The Balaban J connectivity index is 2.08. The molecule has 0 unspecified atom stereocenters. The molecule has 0 aliphatic rings. The van der Waals surface area contributed by atoms with Gasteiger partial charge in [-0.1, -0.05) is 28.1 Å². The Hall–Kier alpha value is -1.72. The average molecular weight is 351 g/mol. The quantitative estimate of drug-likeness (QED) is 0.906. The van der Waals surface area contributed by atoms with Crippen molar-refractivity contribution in [2.45, 2.75) is 6.54 Å². The first-order chi connectivity index (χ1) is 9.95. The summed E-state index contributed by atoms with van der Waals surface area (Å²) in [5.74, 6) is -1.01. The Morgan fingerprint density at radius 2 is 1.86 bits per heavy atom. The number of halogens is 2. The van der Waals surface area contributed by atoms with Gasteiger partial charge in [0.05, 0.1) is 5.56 Å². The molecule has 3 nitrogen and oxygen atoms in total. The third kappa shape index (κ3) is 4.37. The van der Waals surface area contributed by atoms with E-state index in [9.17, 15) is 9.18 Å². The third-order valence-corrected chi connectivity index (χ3v) is 3.38. The zero-order valence-electron chi connectivity index (χ0n) is 11.9. The van der Waals surface area contributed by atoms with E-state index >= 15 is 0 Å². The van der Waals surface area contributed by atoms with Gasteiger partial charge in [0.15, 0.2) is 0 Å². The Bertz CT molecular complexity index is 641. The van der Waals surface area contributed by atoms with Crippen molar-refractivity contribution in [3.8, 4) is 0 Å². The van der Waals surface area contributed by atoms with Crippen molar-refractivity contribution in [1.29, 1.82) is 0 Å². The van der Waals surface area contributed by atoms with Gasteiger partial charge in [-0.25, -0.2) is 4.39 Å². The van der Waals surface area contributed by atoms with Gasteiger partial charge in [-0.15, -0.1) is 0 Å². The second kappa shape index (κ2) is 6.83. The van der Waals surface area contributed by atoms with Crippen LogP contribution in [-0.4, -0.2) is 24.9 Å². The van der Waals surface area contributed by atoms with Crippen LogP contribution in [0.4, 0.5) is 10.1 Å². The van der Waals surface area contributed by atoms with Gasteiger partial charge in [-0.3, -0.25) is 4.79 Å². The van der Waals surface area contributed by atoms with E-state index in [1.165, 1.54) is 12.1 Å². The van der Waals surface area contributed by atoms with Crippen molar-refractivity contribution in [1.82, 2.24) is 4.90 Å². The Labute approximate surface area is 131 Å². The van der Waals surface area contributed by atoms with Crippen LogP contribution in [0.25, 0.3) is 0 Å². The lowest BCUT2D eigenvalue weighted by Gasteiger charge is -2.11. The minimum absolute atomic E-state index is 0.0237. The summed E-state index contributed by atoms with van der Waals surface area (Å²) in [6, 6.07) is 11.9. The molecule has 0 radical (unpaired) electrons. The van der Waals surface area contributed by atoms with Gasteiger partial charge in [-0.2, -0.15) is 0 Å². The van der Waals surface area contributed by atoms with Crippen molar-refractivity contribution in [3.63, 3.8) is 0 Å². The summed E-state index contributed by atoms with van der Waals surface area (Å²) in [6.45, 7) is 0.829. The standard InChI is InChI=1S/C16H16BrFN2O/c1-20(2)10-11-3-6-13(7-4-11)19-16(21)14-8-5-12(17)9-15(14)18/h3-9H,10H2,1-2H3,(H,19,21). The van der Waals surface area contributed by atoms with Gasteiger partial charge in [0.25, 0.3) is 5.91 Å². The lowest BCUT2D eigenvalue weighted by molar-refractivity contribution is 0.102. The van der Waals surface area contributed by atoms with E-state index in [-0.39, 0.29) is 5.56 Å². The van der Waals surface area contributed by atoms with Crippen LogP contribution in [0.2, 0.25) is 0 Å². The Morgan fingerprint density at radius 3 is 2.43 bits per heavy atom. The number of hydrogen-bond donors (Lipinski definition) is 1. The molecule has 0 spiro atoms. The first-order valence-electron chi connectivity index (χ1n) is 6.46. The van der Waals surface area contributed by atoms with E-state index in [1.807, 2.05) is 38.4 Å². The fourth-order valence-electron chi connectivity index (χ4n) is 1.93. The minimum Gasteiger partial charge on any atom is -0.322 e. The number of nitrogens with one attached hydrogen (secondary N) is 1. The van der Waals surface area contributed by atoms with E-state index < -0.39 is 11.7 Å². The molecule has 110 valence electrons. The Kier molecular flexibility index (Phi) is 5.09. The van der Waals surface area contributed by atoms with E-state index in [2.05, 4.69) is 26.1 Å². The number of rotatable bonds is 4. The van der Waals surface area contributed by atoms with E-state index in [1.54, 1.807) is 6.07 Å². The van der Waals surface area contributed by atoms with Gasteiger partial charge < -0.3 is 10.2 Å². The van der Waals surface area contributed by atoms with Crippen LogP contribution in [0.3, 0.4) is 0 Å². The van der Waals surface area contributed by atoms with Crippen molar-refractivity contribution in [3.05, 3.63) is 63.9 Å². The normalized spacial score (nSPS) is 10.7. The number of carbonyl (C=O) groups excluding carboxylic acids is 1. The Morgan fingerprint density at radius 1 is 1.19 bits per heavy atom. The molecular weight excluding hydrogens is 335 g/mol. The lowest BCUT2D eigenvalue weighted by atomic mass is 10.1. The number of nitrogens with zero attached hydrogens (tertiary/aromatic N) is 1. The first-order valence-corrected chi connectivity index (χ1v) is 7.25. The summed E-state index contributed by atoms with van der Waals surface area (Å²) in [6.07, 6.45) is 0. The third-order valence-electron chi connectivity index (χ3n) is 2.89. The van der Waals surface area contributed by atoms with Crippen LogP contribution in [0.15, 0.2) is 46.9 Å². The highest BCUT2D eigenvalue weighted by Crippen LogP contribution is 2.17. The topological polar surface area (TPSA) is 32.3 Å². The molecule has 1 N–H and O–H groups in total. The zero-order chi connectivity index (χ0) is 15.4. The molecule has 2 aromatic carbocycles. The van der Waals surface area contributed by atoms with Crippen molar-refractivity contribution in [2.24, 2.45) is 0 Å². The van der Waals surface area contributed by atoms with Crippen LogP contribution in [-0.2, 0) is 6.54 Å². The minimum atomic E-state index is -0.550.